The third-order valence-electron chi connectivity index (χ3n) is 4.65. The maximum atomic E-state index is 12.2. The van der Waals surface area contributed by atoms with Crippen molar-refractivity contribution in [2.45, 2.75) is 50.7 Å². The minimum absolute atomic E-state index is 0.108. The van der Waals surface area contributed by atoms with Gasteiger partial charge in [-0.3, -0.25) is 4.79 Å². The van der Waals surface area contributed by atoms with Crippen molar-refractivity contribution in [1.29, 1.82) is 0 Å². The molecule has 1 aliphatic rings. The Balaban J connectivity index is 1.36. The molecule has 2 aromatic rings. The van der Waals surface area contributed by atoms with Gasteiger partial charge >= 0.3 is 6.01 Å². The molecule has 26 heavy (non-hydrogen) atoms. The molecule has 1 N–H and O–H groups in total. The van der Waals surface area contributed by atoms with Crippen LogP contribution in [0.2, 0.25) is 0 Å². The lowest BCUT2D eigenvalue weighted by atomic mass is 9.93. The van der Waals surface area contributed by atoms with E-state index >= 15 is 0 Å². The second kappa shape index (κ2) is 9.17. The van der Waals surface area contributed by atoms with Gasteiger partial charge < -0.3 is 14.8 Å². The van der Waals surface area contributed by atoms with Crippen LogP contribution < -0.4 is 14.8 Å². The Morgan fingerprint density at radius 1 is 1.12 bits per heavy atom. The highest BCUT2D eigenvalue weighted by Crippen LogP contribution is 2.22. The molecule has 0 saturated heterocycles. The first-order valence-corrected chi connectivity index (χ1v) is 9.09. The summed E-state index contributed by atoms with van der Waals surface area (Å²) in [5, 5.41) is 3.15. The van der Waals surface area contributed by atoms with Gasteiger partial charge in [0, 0.05) is 24.9 Å². The molecule has 0 aliphatic heterocycles. The molecule has 1 amide bonds. The zero-order valence-electron chi connectivity index (χ0n) is 15.1. The second-order valence-corrected chi connectivity index (χ2v) is 6.54. The smallest absolute Gasteiger partial charge is 0.316 e. The molecule has 6 heteroatoms. The molecule has 0 spiro atoms. The Labute approximate surface area is 154 Å². The van der Waals surface area contributed by atoms with Crippen LogP contribution in [0.25, 0.3) is 0 Å². The van der Waals surface area contributed by atoms with Crippen molar-refractivity contribution in [3.63, 3.8) is 0 Å². The summed E-state index contributed by atoms with van der Waals surface area (Å²) < 4.78 is 10.9. The van der Waals surface area contributed by atoms with E-state index in [1.54, 1.807) is 25.6 Å². The fourth-order valence-electron chi connectivity index (χ4n) is 3.17. The van der Waals surface area contributed by atoms with Crippen LogP contribution in [0.1, 0.15) is 37.7 Å². The summed E-state index contributed by atoms with van der Waals surface area (Å²) in [6, 6.07) is 10.3. The number of aryl methyl sites for hydroxylation is 1. The fraction of sp³-hybridized carbons (Fsp3) is 0.450. The molecule has 0 radical (unpaired) electrons. The summed E-state index contributed by atoms with van der Waals surface area (Å²) in [4.78, 5) is 20.4. The number of carbonyl (C=O) groups is 1. The van der Waals surface area contributed by atoms with Crippen molar-refractivity contribution >= 4 is 5.91 Å². The summed E-state index contributed by atoms with van der Waals surface area (Å²) >= 11 is 0. The molecule has 138 valence electrons. The van der Waals surface area contributed by atoms with Crippen molar-refractivity contribution in [2.24, 2.45) is 0 Å². The van der Waals surface area contributed by atoms with Gasteiger partial charge in [-0.2, -0.15) is 0 Å². The van der Waals surface area contributed by atoms with Crippen LogP contribution in [0, 0.1) is 0 Å². The lowest BCUT2D eigenvalue weighted by molar-refractivity contribution is -0.122. The van der Waals surface area contributed by atoms with E-state index < -0.39 is 0 Å². The molecule has 6 nitrogen and oxygen atoms in total. The first-order chi connectivity index (χ1) is 12.7. The molecular weight excluding hydrogens is 330 g/mol. The third-order valence-corrected chi connectivity index (χ3v) is 4.65. The van der Waals surface area contributed by atoms with Crippen LogP contribution in [0.4, 0.5) is 0 Å². The zero-order valence-corrected chi connectivity index (χ0v) is 15.1. The summed E-state index contributed by atoms with van der Waals surface area (Å²) in [6.45, 7) is 0. The minimum atomic E-state index is 0.108. The van der Waals surface area contributed by atoms with Crippen molar-refractivity contribution in [2.75, 3.05) is 7.11 Å². The van der Waals surface area contributed by atoms with Gasteiger partial charge in [0.05, 0.1) is 7.11 Å². The molecule has 0 bridgehead atoms. The SMILES string of the molecule is COc1ccc(CCC(=O)NC2CCC(Oc3ncccn3)CC2)cc1. The number of hydrogen-bond donors (Lipinski definition) is 1. The first kappa shape index (κ1) is 18.2. The molecule has 1 heterocycles. The second-order valence-electron chi connectivity index (χ2n) is 6.54. The lowest BCUT2D eigenvalue weighted by Crippen LogP contribution is -2.39. The minimum Gasteiger partial charge on any atom is -0.497 e. The largest absolute Gasteiger partial charge is 0.497 e. The summed E-state index contributed by atoms with van der Waals surface area (Å²) in [6.07, 6.45) is 8.37. The number of nitrogens with one attached hydrogen (secondary N) is 1. The number of rotatable bonds is 7. The highest BCUT2D eigenvalue weighted by molar-refractivity contribution is 5.76. The van der Waals surface area contributed by atoms with E-state index in [4.69, 9.17) is 9.47 Å². The Bertz CT molecular complexity index is 683. The molecule has 3 rings (SSSR count). The number of hydrogen-bond acceptors (Lipinski definition) is 5. The van der Waals surface area contributed by atoms with Crippen molar-refractivity contribution in [3.8, 4) is 11.8 Å². The number of nitrogens with zero attached hydrogens (tertiary/aromatic N) is 2. The standard InChI is InChI=1S/C20H25N3O3/c1-25-17-8-3-15(4-9-17)5-12-19(24)23-16-6-10-18(11-7-16)26-20-21-13-2-14-22-20/h2-4,8-9,13-14,16,18H,5-7,10-12H2,1H3,(H,23,24). The van der Waals surface area contributed by atoms with Crippen molar-refractivity contribution < 1.29 is 14.3 Å². The lowest BCUT2D eigenvalue weighted by Gasteiger charge is -2.28. The topological polar surface area (TPSA) is 73.3 Å². The average molecular weight is 355 g/mol. The number of aromatic nitrogens is 2. The van der Waals surface area contributed by atoms with E-state index in [0.29, 0.717) is 12.4 Å². The van der Waals surface area contributed by atoms with Gasteiger partial charge in [-0.15, -0.1) is 0 Å². The molecule has 1 aromatic carbocycles. The number of benzene rings is 1. The van der Waals surface area contributed by atoms with Crippen LogP contribution in [0.3, 0.4) is 0 Å². The van der Waals surface area contributed by atoms with Crippen LogP contribution in [-0.2, 0) is 11.2 Å². The molecule has 0 atom stereocenters. The third kappa shape index (κ3) is 5.44. The van der Waals surface area contributed by atoms with Gasteiger partial charge in [-0.1, -0.05) is 12.1 Å². The number of methoxy groups -OCH3 is 1. The fourth-order valence-corrected chi connectivity index (χ4v) is 3.17. The normalized spacial score (nSPS) is 19.6. The van der Waals surface area contributed by atoms with Crippen molar-refractivity contribution in [1.82, 2.24) is 15.3 Å². The Hall–Kier alpha value is -2.63. The maximum Gasteiger partial charge on any atom is 0.316 e. The van der Waals surface area contributed by atoms with Crippen LogP contribution >= 0.6 is 0 Å². The predicted octanol–water partition coefficient (Wildman–Crippen LogP) is 2.92. The van der Waals surface area contributed by atoms with E-state index in [0.717, 1.165) is 43.4 Å². The number of carbonyl (C=O) groups excluding carboxylic acids is 1. The monoisotopic (exact) mass is 355 g/mol. The molecule has 1 fully saturated rings. The van der Waals surface area contributed by atoms with Crippen LogP contribution in [0.15, 0.2) is 42.7 Å². The summed E-state index contributed by atoms with van der Waals surface area (Å²) in [5.74, 6) is 0.940. The predicted molar refractivity (Wildman–Crippen MR) is 98.2 cm³/mol. The highest BCUT2D eigenvalue weighted by atomic mass is 16.5. The number of ether oxygens (including phenoxy) is 2. The average Bonchev–Trinajstić information content (AvgIpc) is 2.69. The Morgan fingerprint density at radius 2 is 1.81 bits per heavy atom. The van der Waals surface area contributed by atoms with Gasteiger partial charge in [-0.05, 0) is 55.9 Å². The van der Waals surface area contributed by atoms with Gasteiger partial charge in [0.2, 0.25) is 5.91 Å². The summed E-state index contributed by atoms with van der Waals surface area (Å²) in [7, 11) is 1.65. The van der Waals surface area contributed by atoms with E-state index in [1.807, 2.05) is 24.3 Å². The Kier molecular flexibility index (Phi) is 6.41. The quantitative estimate of drug-likeness (QED) is 0.827. The van der Waals surface area contributed by atoms with Gasteiger partial charge in [-0.25, -0.2) is 9.97 Å². The van der Waals surface area contributed by atoms with Crippen LogP contribution in [-0.4, -0.2) is 35.1 Å². The van der Waals surface area contributed by atoms with Gasteiger partial charge in [0.25, 0.3) is 0 Å². The van der Waals surface area contributed by atoms with E-state index in [-0.39, 0.29) is 18.1 Å². The van der Waals surface area contributed by atoms with Crippen LogP contribution in [0.5, 0.6) is 11.8 Å². The molecule has 1 aromatic heterocycles. The van der Waals surface area contributed by atoms with E-state index in [2.05, 4.69) is 15.3 Å². The van der Waals surface area contributed by atoms with Gasteiger partial charge in [0.1, 0.15) is 11.9 Å². The van der Waals surface area contributed by atoms with E-state index in [9.17, 15) is 4.79 Å². The summed E-state index contributed by atoms with van der Waals surface area (Å²) in [5.41, 5.74) is 1.14. The number of amides is 1. The van der Waals surface area contributed by atoms with Gasteiger partial charge in [0.15, 0.2) is 0 Å². The highest BCUT2D eigenvalue weighted by Gasteiger charge is 2.24. The zero-order chi connectivity index (χ0) is 18.2. The molecule has 1 aliphatic carbocycles. The van der Waals surface area contributed by atoms with E-state index in [1.165, 1.54) is 0 Å². The first-order valence-electron chi connectivity index (χ1n) is 9.09. The molecule has 0 unspecified atom stereocenters. The Morgan fingerprint density at radius 3 is 2.46 bits per heavy atom. The molecular formula is C20H25N3O3. The maximum absolute atomic E-state index is 12.2. The van der Waals surface area contributed by atoms with Crippen molar-refractivity contribution in [3.05, 3.63) is 48.3 Å². The molecule has 1 saturated carbocycles.